The zero-order chi connectivity index (χ0) is 17.6. The van der Waals surface area contributed by atoms with Crippen LogP contribution in [-0.2, 0) is 4.79 Å². The molecule has 1 N–H and O–H groups in total. The van der Waals surface area contributed by atoms with Gasteiger partial charge in [0.15, 0.2) is 0 Å². The Balaban J connectivity index is 1.83. The zero-order valence-corrected chi connectivity index (χ0v) is 14.1. The number of carbonyl (C=O) groups is 2. The van der Waals surface area contributed by atoms with Crippen LogP contribution in [0.25, 0.3) is 10.9 Å². The largest absolute Gasteiger partial charge is 0.497 e. The third kappa shape index (κ3) is 2.81. The summed E-state index contributed by atoms with van der Waals surface area (Å²) < 4.78 is 5.29. The van der Waals surface area contributed by atoms with Crippen LogP contribution < -0.4 is 4.74 Å². The molecule has 2 aliphatic rings. The van der Waals surface area contributed by atoms with Gasteiger partial charge >= 0.3 is 5.97 Å². The molecule has 1 saturated carbocycles. The molecule has 130 valence electrons. The number of nitrogens with zero attached hydrogens (tertiary/aromatic N) is 2. The minimum atomic E-state index is -0.941. The maximum Gasteiger partial charge on any atom is 0.326 e. The molecule has 0 spiro atoms. The average molecular weight is 340 g/mol. The van der Waals surface area contributed by atoms with Crippen molar-refractivity contribution in [3.8, 4) is 5.75 Å². The predicted octanol–water partition coefficient (Wildman–Crippen LogP) is 2.81. The zero-order valence-electron chi connectivity index (χ0n) is 14.1. The molecule has 25 heavy (non-hydrogen) atoms. The summed E-state index contributed by atoms with van der Waals surface area (Å²) in [5.41, 5.74) is 2.20. The van der Waals surface area contributed by atoms with E-state index in [2.05, 4.69) is 0 Å². The molecule has 1 amide bonds. The summed E-state index contributed by atoms with van der Waals surface area (Å²) in [6.07, 6.45) is 3.39. The van der Waals surface area contributed by atoms with Crippen molar-refractivity contribution in [3.63, 3.8) is 0 Å². The number of hydrogen-bond acceptors (Lipinski definition) is 4. The van der Waals surface area contributed by atoms with E-state index in [9.17, 15) is 14.7 Å². The number of likely N-dealkylation sites (tertiary alicyclic amines) is 1. The van der Waals surface area contributed by atoms with Crippen LogP contribution in [0.3, 0.4) is 0 Å². The maximum atomic E-state index is 13.2. The van der Waals surface area contributed by atoms with Crippen molar-refractivity contribution in [2.75, 3.05) is 13.7 Å². The molecule has 1 aliphatic heterocycles. The molecule has 4 rings (SSSR count). The SMILES string of the molecule is COc1ccc2nc(C3CC3)cc(C(=O)N3CCC[C@@H]3C(=O)O)c2c1. The Morgan fingerprint density at radius 2 is 2.04 bits per heavy atom. The molecule has 2 aromatic rings. The summed E-state index contributed by atoms with van der Waals surface area (Å²) in [5.74, 6) is -0.109. The van der Waals surface area contributed by atoms with Crippen molar-refractivity contribution >= 4 is 22.8 Å². The highest BCUT2D eigenvalue weighted by molar-refractivity contribution is 6.07. The van der Waals surface area contributed by atoms with Gasteiger partial charge in [0, 0.05) is 23.5 Å². The number of pyridine rings is 1. The number of carbonyl (C=O) groups excluding carboxylic acids is 1. The van der Waals surface area contributed by atoms with Crippen molar-refractivity contribution in [1.29, 1.82) is 0 Å². The van der Waals surface area contributed by atoms with E-state index >= 15 is 0 Å². The summed E-state index contributed by atoms with van der Waals surface area (Å²) in [6.45, 7) is 0.475. The van der Waals surface area contributed by atoms with Gasteiger partial charge in [0.2, 0.25) is 0 Å². The summed E-state index contributed by atoms with van der Waals surface area (Å²) in [4.78, 5) is 30.8. The summed E-state index contributed by atoms with van der Waals surface area (Å²) >= 11 is 0. The van der Waals surface area contributed by atoms with Crippen molar-refractivity contribution < 1.29 is 19.4 Å². The molecule has 6 nitrogen and oxygen atoms in total. The van der Waals surface area contributed by atoms with Gasteiger partial charge in [0.05, 0.1) is 18.2 Å². The highest BCUT2D eigenvalue weighted by Crippen LogP contribution is 2.40. The van der Waals surface area contributed by atoms with Gasteiger partial charge in [-0.2, -0.15) is 0 Å². The number of ether oxygens (including phenoxy) is 1. The predicted molar refractivity (Wildman–Crippen MR) is 92.0 cm³/mol. The van der Waals surface area contributed by atoms with Crippen LogP contribution in [0, 0.1) is 0 Å². The monoisotopic (exact) mass is 340 g/mol. The lowest BCUT2D eigenvalue weighted by Crippen LogP contribution is -2.40. The minimum absolute atomic E-state index is 0.229. The lowest BCUT2D eigenvalue weighted by Gasteiger charge is -2.22. The van der Waals surface area contributed by atoms with Gasteiger partial charge in [0.25, 0.3) is 5.91 Å². The summed E-state index contributed by atoms with van der Waals surface area (Å²) in [7, 11) is 1.58. The molecule has 1 saturated heterocycles. The quantitative estimate of drug-likeness (QED) is 0.926. The molecule has 2 heterocycles. The second kappa shape index (κ2) is 6.02. The van der Waals surface area contributed by atoms with Gasteiger partial charge in [-0.05, 0) is 49.9 Å². The standard InChI is InChI=1S/C19H20N2O4/c1-25-12-6-7-15-13(9-12)14(10-16(20-15)11-4-5-11)18(22)21-8-2-3-17(21)19(23)24/h6-7,9-11,17H,2-5,8H2,1H3,(H,23,24)/t17-/m1/s1. The minimum Gasteiger partial charge on any atom is -0.497 e. The Bertz CT molecular complexity index is 860. The van der Waals surface area contributed by atoms with E-state index in [0.29, 0.717) is 42.0 Å². The third-order valence-electron chi connectivity index (χ3n) is 5.06. The van der Waals surface area contributed by atoms with Crippen molar-refractivity contribution in [2.45, 2.75) is 37.6 Å². The van der Waals surface area contributed by atoms with E-state index in [1.807, 2.05) is 18.2 Å². The first-order valence-corrected chi connectivity index (χ1v) is 8.61. The Labute approximate surface area is 145 Å². The number of methoxy groups -OCH3 is 1. The Morgan fingerprint density at radius 3 is 2.72 bits per heavy atom. The van der Waals surface area contributed by atoms with E-state index in [4.69, 9.17) is 9.72 Å². The lowest BCUT2D eigenvalue weighted by atomic mass is 10.0. The number of rotatable bonds is 4. The number of carboxylic acids is 1. The number of benzene rings is 1. The molecule has 1 atom stereocenters. The molecule has 0 radical (unpaired) electrons. The van der Waals surface area contributed by atoms with E-state index in [-0.39, 0.29) is 5.91 Å². The molecular formula is C19H20N2O4. The number of amides is 1. The van der Waals surface area contributed by atoms with Crippen LogP contribution in [0.4, 0.5) is 0 Å². The molecule has 2 fully saturated rings. The molecular weight excluding hydrogens is 320 g/mol. The van der Waals surface area contributed by atoms with Crippen LogP contribution in [-0.4, -0.2) is 46.6 Å². The first-order chi connectivity index (χ1) is 12.1. The van der Waals surface area contributed by atoms with Crippen LogP contribution in [0.2, 0.25) is 0 Å². The number of fused-ring (bicyclic) bond motifs is 1. The molecule has 0 unspecified atom stereocenters. The first kappa shape index (κ1) is 15.9. The summed E-state index contributed by atoms with van der Waals surface area (Å²) in [6, 6.07) is 6.59. The Hall–Kier alpha value is -2.63. The van der Waals surface area contributed by atoms with Crippen LogP contribution in [0.1, 0.15) is 47.7 Å². The first-order valence-electron chi connectivity index (χ1n) is 8.61. The van der Waals surface area contributed by atoms with Gasteiger partial charge < -0.3 is 14.7 Å². The normalized spacial score (nSPS) is 20.0. The lowest BCUT2D eigenvalue weighted by molar-refractivity contribution is -0.141. The molecule has 1 aromatic carbocycles. The van der Waals surface area contributed by atoms with Gasteiger partial charge in [0.1, 0.15) is 11.8 Å². The Morgan fingerprint density at radius 1 is 1.24 bits per heavy atom. The van der Waals surface area contributed by atoms with Crippen LogP contribution in [0.15, 0.2) is 24.3 Å². The van der Waals surface area contributed by atoms with Gasteiger partial charge in [-0.15, -0.1) is 0 Å². The fraction of sp³-hybridized carbons (Fsp3) is 0.421. The second-order valence-electron chi connectivity index (χ2n) is 6.75. The van der Waals surface area contributed by atoms with Gasteiger partial charge in [-0.3, -0.25) is 9.78 Å². The Kier molecular flexibility index (Phi) is 3.82. The third-order valence-corrected chi connectivity index (χ3v) is 5.06. The molecule has 0 bridgehead atoms. The number of hydrogen-bond donors (Lipinski definition) is 1. The summed E-state index contributed by atoms with van der Waals surface area (Å²) in [5, 5.41) is 10.1. The smallest absolute Gasteiger partial charge is 0.326 e. The highest BCUT2D eigenvalue weighted by Gasteiger charge is 2.36. The number of carboxylic acid groups (broad SMARTS) is 1. The van der Waals surface area contributed by atoms with E-state index in [1.165, 1.54) is 4.90 Å². The maximum absolute atomic E-state index is 13.2. The molecule has 1 aromatic heterocycles. The number of aliphatic carboxylic acids is 1. The highest BCUT2D eigenvalue weighted by atomic mass is 16.5. The molecule has 1 aliphatic carbocycles. The molecule has 6 heteroatoms. The van der Waals surface area contributed by atoms with E-state index in [1.54, 1.807) is 13.2 Å². The second-order valence-corrected chi connectivity index (χ2v) is 6.75. The number of aromatic nitrogens is 1. The van der Waals surface area contributed by atoms with Crippen molar-refractivity contribution in [2.24, 2.45) is 0 Å². The van der Waals surface area contributed by atoms with Gasteiger partial charge in [-0.1, -0.05) is 0 Å². The van der Waals surface area contributed by atoms with Gasteiger partial charge in [-0.25, -0.2) is 4.79 Å². The van der Waals surface area contributed by atoms with E-state index < -0.39 is 12.0 Å². The van der Waals surface area contributed by atoms with Crippen LogP contribution in [0.5, 0.6) is 5.75 Å². The van der Waals surface area contributed by atoms with Crippen molar-refractivity contribution in [1.82, 2.24) is 9.88 Å². The topological polar surface area (TPSA) is 79.7 Å². The fourth-order valence-electron chi connectivity index (χ4n) is 3.54. The van der Waals surface area contributed by atoms with Crippen LogP contribution >= 0.6 is 0 Å². The van der Waals surface area contributed by atoms with E-state index in [0.717, 1.165) is 24.1 Å². The average Bonchev–Trinajstić information content (AvgIpc) is 3.35. The fourth-order valence-corrected chi connectivity index (χ4v) is 3.54. The van der Waals surface area contributed by atoms with Crippen molar-refractivity contribution in [3.05, 3.63) is 35.5 Å².